The number of hydrogen-bond acceptors (Lipinski definition) is 5. The number of methoxy groups -OCH3 is 1. The first-order valence-electron chi connectivity index (χ1n) is 5.79. The summed E-state index contributed by atoms with van der Waals surface area (Å²) in [5.74, 6) is -0.760. The fraction of sp³-hybridized carbons (Fsp3) is 0.500. The van der Waals surface area contributed by atoms with Gasteiger partial charge in [0.15, 0.2) is 11.6 Å². The van der Waals surface area contributed by atoms with E-state index < -0.39 is 11.8 Å². The van der Waals surface area contributed by atoms with E-state index in [0.29, 0.717) is 5.82 Å². The normalized spacial score (nSPS) is 16.7. The summed E-state index contributed by atoms with van der Waals surface area (Å²) < 4.78 is 18.4. The van der Waals surface area contributed by atoms with Crippen LogP contribution in [0.4, 0.5) is 10.2 Å². The van der Waals surface area contributed by atoms with Crippen molar-refractivity contribution in [1.29, 1.82) is 0 Å². The lowest BCUT2D eigenvalue weighted by atomic mass is 10.2. The first-order valence-corrected chi connectivity index (χ1v) is 5.79. The zero-order valence-electron chi connectivity index (χ0n) is 10.5. The SMILES string of the molecule is COC(=O)c1cnc(N2CCN(C)CC2)c(F)c1. The van der Waals surface area contributed by atoms with Crippen LogP contribution in [0.1, 0.15) is 10.4 Å². The number of esters is 1. The van der Waals surface area contributed by atoms with Crippen molar-refractivity contribution in [3.8, 4) is 0 Å². The maximum absolute atomic E-state index is 13.9. The number of rotatable bonds is 2. The molecule has 1 aromatic rings. The number of piperazine rings is 1. The minimum atomic E-state index is -0.577. The number of ether oxygens (including phenoxy) is 1. The molecule has 98 valence electrons. The van der Waals surface area contributed by atoms with Gasteiger partial charge in [-0.3, -0.25) is 0 Å². The number of carbonyl (C=O) groups excluding carboxylic acids is 1. The summed E-state index contributed by atoms with van der Waals surface area (Å²) in [6.45, 7) is 3.22. The summed E-state index contributed by atoms with van der Waals surface area (Å²) in [6.07, 6.45) is 1.35. The van der Waals surface area contributed by atoms with Crippen molar-refractivity contribution in [1.82, 2.24) is 9.88 Å². The minimum Gasteiger partial charge on any atom is -0.465 e. The van der Waals surface area contributed by atoms with Crippen LogP contribution in [0, 0.1) is 5.82 Å². The molecule has 1 saturated heterocycles. The number of hydrogen-bond donors (Lipinski definition) is 0. The number of aromatic nitrogens is 1. The molecule has 6 heteroatoms. The second-order valence-corrected chi connectivity index (χ2v) is 4.31. The molecular formula is C12H16FN3O2. The largest absolute Gasteiger partial charge is 0.465 e. The Labute approximate surface area is 105 Å². The summed E-state index contributed by atoms with van der Waals surface area (Å²) in [4.78, 5) is 19.3. The molecule has 0 saturated carbocycles. The van der Waals surface area contributed by atoms with E-state index in [9.17, 15) is 9.18 Å². The van der Waals surface area contributed by atoms with E-state index in [-0.39, 0.29) is 5.56 Å². The molecule has 0 radical (unpaired) electrons. The molecule has 2 heterocycles. The molecule has 0 spiro atoms. The van der Waals surface area contributed by atoms with Crippen LogP contribution in [-0.2, 0) is 4.74 Å². The van der Waals surface area contributed by atoms with Gasteiger partial charge in [-0.25, -0.2) is 14.2 Å². The van der Waals surface area contributed by atoms with Crippen molar-refractivity contribution in [2.45, 2.75) is 0 Å². The molecule has 0 unspecified atom stereocenters. The Balaban J connectivity index is 2.17. The van der Waals surface area contributed by atoms with E-state index in [1.807, 2.05) is 11.9 Å². The lowest BCUT2D eigenvalue weighted by Gasteiger charge is -2.33. The van der Waals surface area contributed by atoms with Gasteiger partial charge in [0.2, 0.25) is 0 Å². The molecule has 0 aromatic carbocycles. The Hall–Kier alpha value is -1.69. The van der Waals surface area contributed by atoms with E-state index in [4.69, 9.17) is 0 Å². The van der Waals surface area contributed by atoms with Gasteiger partial charge in [0, 0.05) is 32.4 Å². The van der Waals surface area contributed by atoms with Crippen molar-refractivity contribution in [2.24, 2.45) is 0 Å². The summed E-state index contributed by atoms with van der Waals surface area (Å²) in [7, 11) is 3.29. The molecule has 0 bridgehead atoms. The predicted molar refractivity (Wildman–Crippen MR) is 65.2 cm³/mol. The summed E-state index contributed by atoms with van der Waals surface area (Å²) in [5.41, 5.74) is 0.132. The predicted octanol–water partition coefficient (Wildman–Crippen LogP) is 0.759. The van der Waals surface area contributed by atoms with Crippen molar-refractivity contribution < 1.29 is 13.9 Å². The van der Waals surface area contributed by atoms with Crippen LogP contribution in [0.3, 0.4) is 0 Å². The van der Waals surface area contributed by atoms with Gasteiger partial charge in [0.05, 0.1) is 12.7 Å². The third-order valence-electron chi connectivity index (χ3n) is 3.05. The highest BCUT2D eigenvalue weighted by Gasteiger charge is 2.19. The lowest BCUT2D eigenvalue weighted by molar-refractivity contribution is 0.0599. The van der Waals surface area contributed by atoms with Crippen LogP contribution in [0.15, 0.2) is 12.3 Å². The molecule has 0 N–H and O–H groups in total. The quantitative estimate of drug-likeness (QED) is 0.728. The van der Waals surface area contributed by atoms with E-state index in [1.54, 1.807) is 0 Å². The van der Waals surface area contributed by atoms with Gasteiger partial charge in [-0.2, -0.15) is 0 Å². The topological polar surface area (TPSA) is 45.7 Å². The van der Waals surface area contributed by atoms with E-state index in [2.05, 4.69) is 14.6 Å². The number of nitrogens with zero attached hydrogens (tertiary/aromatic N) is 3. The van der Waals surface area contributed by atoms with Crippen LogP contribution in [0.2, 0.25) is 0 Å². The average Bonchev–Trinajstić information content (AvgIpc) is 2.39. The molecule has 1 aromatic heterocycles. The fourth-order valence-corrected chi connectivity index (χ4v) is 1.91. The van der Waals surface area contributed by atoms with Crippen LogP contribution in [-0.4, -0.2) is 56.2 Å². The van der Waals surface area contributed by atoms with Gasteiger partial charge in [0.1, 0.15) is 0 Å². The molecular weight excluding hydrogens is 237 g/mol. The summed E-state index contributed by atoms with van der Waals surface area (Å²) in [5, 5.41) is 0. The van der Waals surface area contributed by atoms with Crippen molar-refractivity contribution in [3.05, 3.63) is 23.6 Å². The zero-order valence-corrected chi connectivity index (χ0v) is 10.5. The smallest absolute Gasteiger partial charge is 0.339 e. The van der Waals surface area contributed by atoms with E-state index in [1.165, 1.54) is 19.4 Å². The van der Waals surface area contributed by atoms with E-state index >= 15 is 0 Å². The standard InChI is InChI=1S/C12H16FN3O2/c1-15-3-5-16(6-4-15)11-10(13)7-9(8-14-11)12(17)18-2/h7-8H,3-6H2,1-2H3. The Bertz CT molecular complexity index is 445. The Morgan fingerprint density at radius 3 is 2.61 bits per heavy atom. The van der Waals surface area contributed by atoms with Gasteiger partial charge in [0.25, 0.3) is 0 Å². The third-order valence-corrected chi connectivity index (χ3v) is 3.05. The maximum Gasteiger partial charge on any atom is 0.339 e. The Morgan fingerprint density at radius 2 is 2.06 bits per heavy atom. The van der Waals surface area contributed by atoms with Gasteiger partial charge in [-0.15, -0.1) is 0 Å². The van der Waals surface area contributed by atoms with E-state index in [0.717, 1.165) is 26.2 Å². The van der Waals surface area contributed by atoms with Crippen LogP contribution >= 0.6 is 0 Å². The lowest BCUT2D eigenvalue weighted by Crippen LogP contribution is -2.45. The highest BCUT2D eigenvalue weighted by molar-refractivity contribution is 5.89. The fourth-order valence-electron chi connectivity index (χ4n) is 1.91. The molecule has 0 amide bonds. The number of carbonyl (C=O) groups is 1. The highest BCUT2D eigenvalue weighted by Crippen LogP contribution is 2.18. The molecule has 1 aliphatic rings. The monoisotopic (exact) mass is 253 g/mol. The van der Waals surface area contributed by atoms with Crippen LogP contribution in [0.5, 0.6) is 0 Å². The van der Waals surface area contributed by atoms with Crippen LogP contribution in [0.25, 0.3) is 0 Å². The van der Waals surface area contributed by atoms with Gasteiger partial charge < -0.3 is 14.5 Å². The van der Waals surface area contributed by atoms with Crippen molar-refractivity contribution in [2.75, 3.05) is 45.2 Å². The number of likely N-dealkylation sites (N-methyl/N-ethyl adjacent to an activating group) is 1. The zero-order chi connectivity index (χ0) is 13.1. The van der Waals surface area contributed by atoms with Gasteiger partial charge in [-0.05, 0) is 13.1 Å². The Kier molecular flexibility index (Phi) is 3.76. The van der Waals surface area contributed by atoms with Gasteiger partial charge >= 0.3 is 5.97 Å². The average molecular weight is 253 g/mol. The molecule has 18 heavy (non-hydrogen) atoms. The van der Waals surface area contributed by atoms with Crippen molar-refractivity contribution in [3.63, 3.8) is 0 Å². The maximum atomic E-state index is 13.9. The number of pyridine rings is 1. The number of halogens is 1. The Morgan fingerprint density at radius 1 is 1.39 bits per heavy atom. The first-order chi connectivity index (χ1) is 8.61. The number of anilines is 1. The molecule has 0 aliphatic carbocycles. The highest BCUT2D eigenvalue weighted by atomic mass is 19.1. The summed E-state index contributed by atoms with van der Waals surface area (Å²) in [6, 6.07) is 1.17. The minimum absolute atomic E-state index is 0.132. The first kappa shape index (κ1) is 12.8. The van der Waals surface area contributed by atoms with Crippen molar-refractivity contribution >= 4 is 11.8 Å². The molecule has 5 nitrogen and oxygen atoms in total. The summed E-state index contributed by atoms with van der Waals surface area (Å²) >= 11 is 0. The van der Waals surface area contributed by atoms with Crippen LogP contribution < -0.4 is 4.90 Å². The molecule has 1 aliphatic heterocycles. The third kappa shape index (κ3) is 2.59. The molecule has 2 rings (SSSR count). The second-order valence-electron chi connectivity index (χ2n) is 4.31. The second kappa shape index (κ2) is 5.30. The molecule has 1 fully saturated rings. The molecule has 0 atom stereocenters. The van der Waals surface area contributed by atoms with Gasteiger partial charge in [-0.1, -0.05) is 0 Å².